The predicted octanol–water partition coefficient (Wildman–Crippen LogP) is 0.939. The molecule has 1 aromatic heterocycles. The molecule has 1 heterocycles. The zero-order valence-corrected chi connectivity index (χ0v) is 15.1. The number of nitrogens with zero attached hydrogens (tertiary/aromatic N) is 3. The number of carbonyl (C=O) groups excluding carboxylic acids is 1. The van der Waals surface area contributed by atoms with Gasteiger partial charge in [-0.15, -0.1) is 5.10 Å². The van der Waals surface area contributed by atoms with Crippen LogP contribution in [0.1, 0.15) is 23.1 Å². The number of hydrogen-bond donors (Lipinski definition) is 2. The van der Waals surface area contributed by atoms with Crippen LogP contribution < -0.4 is 15.4 Å². The maximum atomic E-state index is 12.2. The second kappa shape index (κ2) is 9.14. The normalized spacial score (nSPS) is 12.0. The number of hydrogen-bond acceptors (Lipinski definition) is 6. The molecule has 0 aliphatic carbocycles. The van der Waals surface area contributed by atoms with Gasteiger partial charge in [0.1, 0.15) is 12.4 Å². The molecule has 2 N–H and O–H groups in total. The lowest BCUT2D eigenvalue weighted by Gasteiger charge is -2.10. The molecule has 0 radical (unpaired) electrons. The van der Waals surface area contributed by atoms with Gasteiger partial charge in [-0.05, 0) is 45.2 Å². The Kier molecular flexibility index (Phi) is 6.91. The van der Waals surface area contributed by atoms with Crippen LogP contribution in [0.25, 0.3) is 5.69 Å². The number of nitrogens with one attached hydrogen (secondary N) is 2. The summed E-state index contributed by atoms with van der Waals surface area (Å²) >= 11 is 0. The van der Waals surface area contributed by atoms with Gasteiger partial charge in [0.25, 0.3) is 5.91 Å². The van der Waals surface area contributed by atoms with Gasteiger partial charge in [-0.3, -0.25) is 4.79 Å². The van der Waals surface area contributed by atoms with Gasteiger partial charge >= 0.3 is 0 Å². The predicted molar refractivity (Wildman–Crippen MR) is 94.3 cm³/mol. The molecule has 0 aliphatic heterocycles. The van der Waals surface area contributed by atoms with E-state index in [1.807, 2.05) is 38.2 Å². The van der Waals surface area contributed by atoms with Crippen molar-refractivity contribution in [3.8, 4) is 11.4 Å². The fourth-order valence-electron chi connectivity index (χ4n) is 2.05. The highest BCUT2D eigenvalue weighted by molar-refractivity contribution is 5.93. The Balaban J connectivity index is 2.04. The molecule has 0 aliphatic rings. The van der Waals surface area contributed by atoms with E-state index in [2.05, 4.69) is 20.8 Å². The first-order valence-electron chi connectivity index (χ1n) is 8.16. The second-order valence-electron chi connectivity index (χ2n) is 5.66. The minimum atomic E-state index is -0.231. The maximum Gasteiger partial charge on any atom is 0.273 e. The van der Waals surface area contributed by atoms with Crippen molar-refractivity contribution in [1.82, 2.24) is 25.6 Å². The van der Waals surface area contributed by atoms with Crippen LogP contribution in [0.15, 0.2) is 24.3 Å². The van der Waals surface area contributed by atoms with E-state index in [-0.39, 0.29) is 11.9 Å². The lowest BCUT2D eigenvalue weighted by Crippen LogP contribution is -2.37. The van der Waals surface area contributed by atoms with Crippen molar-refractivity contribution in [1.29, 1.82) is 0 Å². The molecule has 136 valence electrons. The number of amides is 1. The number of carbonyl (C=O) groups is 1. The first-order chi connectivity index (χ1) is 12.0. The summed E-state index contributed by atoms with van der Waals surface area (Å²) in [6.07, 6.45) is 0. The quantitative estimate of drug-likeness (QED) is 0.656. The molecular formula is C17H25N5O3. The summed E-state index contributed by atoms with van der Waals surface area (Å²) in [5, 5.41) is 14.5. The van der Waals surface area contributed by atoms with Crippen LogP contribution >= 0.6 is 0 Å². The molecule has 8 heteroatoms. The summed E-state index contributed by atoms with van der Waals surface area (Å²) < 4.78 is 10.5. The molecule has 25 heavy (non-hydrogen) atoms. The largest absolute Gasteiger partial charge is 0.491 e. The van der Waals surface area contributed by atoms with Crippen LogP contribution in [0.5, 0.6) is 5.75 Å². The molecule has 2 rings (SSSR count). The molecule has 2 aromatic rings. The third-order valence-electron chi connectivity index (χ3n) is 3.68. The van der Waals surface area contributed by atoms with Crippen molar-refractivity contribution < 1.29 is 14.3 Å². The van der Waals surface area contributed by atoms with Crippen molar-refractivity contribution >= 4 is 5.91 Å². The van der Waals surface area contributed by atoms with Crippen molar-refractivity contribution in [3.63, 3.8) is 0 Å². The fourth-order valence-corrected chi connectivity index (χ4v) is 2.05. The van der Waals surface area contributed by atoms with E-state index in [1.54, 1.807) is 14.0 Å². The minimum absolute atomic E-state index is 0.185. The SMILES string of the molecule is CNC(C)CNC(=O)c1nn(-c2ccc(OCCOC)cc2)nc1C. The molecule has 0 saturated heterocycles. The Bertz CT molecular complexity index is 684. The van der Waals surface area contributed by atoms with Crippen LogP contribution in [0.2, 0.25) is 0 Å². The Morgan fingerprint density at radius 3 is 2.60 bits per heavy atom. The molecular weight excluding hydrogens is 322 g/mol. The standard InChI is InChI=1S/C17H25N5O3/c1-12(18-3)11-19-17(23)16-13(2)20-22(21-16)14-5-7-15(8-6-14)25-10-9-24-4/h5-8,12,18H,9-11H2,1-4H3,(H,19,23). The van der Waals surface area contributed by atoms with Gasteiger partial charge in [-0.1, -0.05) is 0 Å². The average Bonchev–Trinajstić information content (AvgIpc) is 3.02. The van der Waals surface area contributed by atoms with Gasteiger partial charge in [0.15, 0.2) is 5.69 Å². The fraction of sp³-hybridized carbons (Fsp3) is 0.471. The van der Waals surface area contributed by atoms with Gasteiger partial charge in [0, 0.05) is 19.7 Å². The van der Waals surface area contributed by atoms with Gasteiger partial charge in [0.05, 0.1) is 18.0 Å². The van der Waals surface area contributed by atoms with E-state index in [1.165, 1.54) is 4.80 Å². The maximum absolute atomic E-state index is 12.2. The smallest absolute Gasteiger partial charge is 0.273 e. The molecule has 0 spiro atoms. The van der Waals surface area contributed by atoms with Crippen LogP contribution in [-0.4, -0.2) is 60.9 Å². The third-order valence-corrected chi connectivity index (χ3v) is 3.68. The number of rotatable bonds is 9. The lowest BCUT2D eigenvalue weighted by atomic mass is 10.3. The first-order valence-corrected chi connectivity index (χ1v) is 8.16. The van der Waals surface area contributed by atoms with E-state index in [4.69, 9.17) is 9.47 Å². The molecule has 1 unspecified atom stereocenters. The Hall–Kier alpha value is -2.45. The van der Waals surface area contributed by atoms with Crippen LogP contribution in [0, 0.1) is 6.92 Å². The first kappa shape index (κ1) is 18.9. The topological polar surface area (TPSA) is 90.3 Å². The molecule has 8 nitrogen and oxygen atoms in total. The zero-order chi connectivity index (χ0) is 18.2. The summed E-state index contributed by atoms with van der Waals surface area (Å²) in [4.78, 5) is 13.7. The van der Waals surface area contributed by atoms with Gasteiger partial charge in [-0.2, -0.15) is 9.90 Å². The number of methoxy groups -OCH3 is 1. The highest BCUT2D eigenvalue weighted by Gasteiger charge is 2.16. The number of aromatic nitrogens is 3. The molecule has 1 aromatic carbocycles. The van der Waals surface area contributed by atoms with Gasteiger partial charge in [-0.25, -0.2) is 0 Å². The molecule has 0 fully saturated rings. The summed E-state index contributed by atoms with van der Waals surface area (Å²) in [6, 6.07) is 7.53. The number of ether oxygens (including phenoxy) is 2. The molecule has 0 bridgehead atoms. The summed E-state index contributed by atoms with van der Waals surface area (Å²) in [5.41, 5.74) is 1.66. The highest BCUT2D eigenvalue weighted by Crippen LogP contribution is 2.15. The van der Waals surface area contributed by atoms with E-state index in [0.29, 0.717) is 31.1 Å². The van der Waals surface area contributed by atoms with Crippen LogP contribution in [0.4, 0.5) is 0 Å². The third kappa shape index (κ3) is 5.27. The molecule has 1 amide bonds. The zero-order valence-electron chi connectivity index (χ0n) is 15.1. The van der Waals surface area contributed by atoms with E-state index in [0.717, 1.165) is 11.4 Å². The second-order valence-corrected chi connectivity index (χ2v) is 5.66. The number of aryl methyl sites for hydroxylation is 1. The Morgan fingerprint density at radius 1 is 1.24 bits per heavy atom. The van der Waals surface area contributed by atoms with Gasteiger partial charge < -0.3 is 20.1 Å². The number of benzene rings is 1. The van der Waals surface area contributed by atoms with E-state index >= 15 is 0 Å². The molecule has 1 atom stereocenters. The van der Waals surface area contributed by atoms with Crippen molar-refractivity contribution in [2.24, 2.45) is 0 Å². The average molecular weight is 347 g/mol. The number of likely N-dealkylation sites (N-methyl/N-ethyl adjacent to an activating group) is 1. The minimum Gasteiger partial charge on any atom is -0.491 e. The summed E-state index contributed by atoms with van der Waals surface area (Å²) in [5.74, 6) is 0.508. The molecule has 0 saturated carbocycles. The van der Waals surface area contributed by atoms with Crippen LogP contribution in [0.3, 0.4) is 0 Å². The van der Waals surface area contributed by atoms with Gasteiger partial charge in [0.2, 0.25) is 0 Å². The highest BCUT2D eigenvalue weighted by atomic mass is 16.5. The lowest BCUT2D eigenvalue weighted by molar-refractivity contribution is 0.0944. The van der Waals surface area contributed by atoms with Crippen molar-refractivity contribution in [3.05, 3.63) is 35.7 Å². The summed E-state index contributed by atoms with van der Waals surface area (Å²) in [7, 11) is 3.48. The summed E-state index contributed by atoms with van der Waals surface area (Å²) in [6.45, 7) is 5.30. The monoisotopic (exact) mass is 347 g/mol. The van der Waals surface area contributed by atoms with Crippen molar-refractivity contribution in [2.45, 2.75) is 19.9 Å². The van der Waals surface area contributed by atoms with E-state index < -0.39 is 0 Å². The Morgan fingerprint density at radius 2 is 1.96 bits per heavy atom. The van der Waals surface area contributed by atoms with E-state index in [9.17, 15) is 4.79 Å². The Labute approximate surface area is 147 Å². The van der Waals surface area contributed by atoms with Crippen molar-refractivity contribution in [2.75, 3.05) is 33.9 Å². The van der Waals surface area contributed by atoms with Crippen LogP contribution in [-0.2, 0) is 4.74 Å².